The molecule has 1 aliphatic carbocycles. The summed E-state index contributed by atoms with van der Waals surface area (Å²) in [4.78, 5) is 15.2. The summed E-state index contributed by atoms with van der Waals surface area (Å²) in [5.41, 5.74) is 1.14. The third-order valence-electron chi connectivity index (χ3n) is 6.66. The molecule has 0 atom stereocenters. The van der Waals surface area contributed by atoms with E-state index in [0.29, 0.717) is 18.7 Å². The van der Waals surface area contributed by atoms with Crippen LogP contribution >= 0.6 is 0 Å². The van der Waals surface area contributed by atoms with Crippen molar-refractivity contribution in [2.45, 2.75) is 49.6 Å². The van der Waals surface area contributed by atoms with Gasteiger partial charge in [-0.15, -0.1) is 0 Å². The van der Waals surface area contributed by atoms with Gasteiger partial charge in [0.1, 0.15) is 10.6 Å². The third kappa shape index (κ3) is 5.57. The number of ether oxygens (including phenoxy) is 1. The normalized spacial score (nSPS) is 15.7. The van der Waals surface area contributed by atoms with E-state index in [4.69, 9.17) is 4.74 Å². The lowest BCUT2D eigenvalue weighted by atomic mass is 9.96. The number of likely N-dealkylation sites (N-methyl/N-ethyl adjacent to an activating group) is 1. The summed E-state index contributed by atoms with van der Waals surface area (Å²) >= 11 is 0. The van der Waals surface area contributed by atoms with Crippen LogP contribution in [0.25, 0.3) is 0 Å². The van der Waals surface area contributed by atoms with E-state index in [1.165, 1.54) is 17.5 Å². The summed E-state index contributed by atoms with van der Waals surface area (Å²) in [6.07, 6.45) is 4.36. The largest absolute Gasteiger partial charge is 0.495 e. The van der Waals surface area contributed by atoms with Crippen molar-refractivity contribution < 1.29 is 17.9 Å². The summed E-state index contributed by atoms with van der Waals surface area (Å²) in [5, 5.41) is 3.03. The fourth-order valence-electron chi connectivity index (χ4n) is 4.47. The Kier molecular flexibility index (Phi) is 8.15. The van der Waals surface area contributed by atoms with Crippen LogP contribution in [0.4, 0.5) is 0 Å². The standard InChI is InChI=1S/C25H35N3O4S/c1-5-28(18-20-11-7-6-8-12-20)33(30,31)23-17-21(13-14-22(23)32-4)24(29)26-19-25(27(2)3)15-9-10-16-25/h6-8,11-14,17H,5,9-10,15-16,18-19H2,1-4H3,(H,26,29). The van der Waals surface area contributed by atoms with Gasteiger partial charge in [0.25, 0.3) is 5.91 Å². The van der Waals surface area contributed by atoms with Crippen LogP contribution < -0.4 is 10.1 Å². The van der Waals surface area contributed by atoms with Crippen molar-refractivity contribution in [3.05, 3.63) is 59.7 Å². The highest BCUT2D eigenvalue weighted by Gasteiger charge is 2.36. The molecule has 2 aromatic carbocycles. The van der Waals surface area contributed by atoms with Crippen molar-refractivity contribution in [3.63, 3.8) is 0 Å². The van der Waals surface area contributed by atoms with Gasteiger partial charge in [0.05, 0.1) is 7.11 Å². The number of carbonyl (C=O) groups is 1. The van der Waals surface area contributed by atoms with Crippen LogP contribution in [-0.4, -0.2) is 63.4 Å². The van der Waals surface area contributed by atoms with E-state index < -0.39 is 10.0 Å². The van der Waals surface area contributed by atoms with Gasteiger partial charge in [0.2, 0.25) is 10.0 Å². The lowest BCUT2D eigenvalue weighted by Gasteiger charge is -2.36. The lowest BCUT2D eigenvalue weighted by molar-refractivity contribution is 0.0899. The van der Waals surface area contributed by atoms with Crippen LogP contribution in [-0.2, 0) is 16.6 Å². The van der Waals surface area contributed by atoms with Gasteiger partial charge in [-0.25, -0.2) is 8.42 Å². The Morgan fingerprint density at radius 1 is 1.09 bits per heavy atom. The van der Waals surface area contributed by atoms with Gasteiger partial charge >= 0.3 is 0 Å². The molecule has 1 aliphatic rings. The number of sulfonamides is 1. The van der Waals surface area contributed by atoms with Crippen LogP contribution in [0.1, 0.15) is 48.5 Å². The Bertz CT molecular complexity index is 1050. The minimum Gasteiger partial charge on any atom is -0.495 e. The van der Waals surface area contributed by atoms with Crippen molar-refractivity contribution in [1.29, 1.82) is 0 Å². The minimum absolute atomic E-state index is 0.00128. The Hall–Kier alpha value is -2.42. The number of hydrogen-bond acceptors (Lipinski definition) is 5. The molecule has 33 heavy (non-hydrogen) atoms. The van der Waals surface area contributed by atoms with E-state index in [1.807, 2.05) is 44.4 Å². The zero-order chi connectivity index (χ0) is 24.1. The van der Waals surface area contributed by atoms with Crippen molar-refractivity contribution >= 4 is 15.9 Å². The Balaban J connectivity index is 1.85. The molecule has 7 nitrogen and oxygen atoms in total. The van der Waals surface area contributed by atoms with Gasteiger partial charge in [-0.2, -0.15) is 4.31 Å². The van der Waals surface area contributed by atoms with Crippen molar-refractivity contribution in [2.75, 3.05) is 34.3 Å². The first-order valence-corrected chi connectivity index (χ1v) is 12.9. The molecule has 0 bridgehead atoms. The second kappa shape index (κ2) is 10.7. The SMILES string of the molecule is CCN(Cc1ccccc1)S(=O)(=O)c1cc(C(=O)NCC2(N(C)C)CCCC2)ccc1OC. The fraction of sp³-hybridized carbons (Fsp3) is 0.480. The first-order chi connectivity index (χ1) is 15.7. The highest BCUT2D eigenvalue weighted by atomic mass is 32.2. The molecule has 8 heteroatoms. The molecule has 0 unspecified atom stereocenters. The lowest BCUT2D eigenvalue weighted by Crippen LogP contribution is -2.50. The van der Waals surface area contributed by atoms with E-state index in [0.717, 1.165) is 31.2 Å². The van der Waals surface area contributed by atoms with Gasteiger partial charge in [0, 0.05) is 30.7 Å². The summed E-state index contributed by atoms with van der Waals surface area (Å²) in [6.45, 7) is 2.86. The average molecular weight is 474 g/mol. The van der Waals surface area contributed by atoms with E-state index in [9.17, 15) is 13.2 Å². The molecule has 0 saturated heterocycles. The van der Waals surface area contributed by atoms with Gasteiger partial charge in [-0.05, 0) is 50.7 Å². The predicted molar refractivity (Wildman–Crippen MR) is 130 cm³/mol. The fourth-order valence-corrected chi connectivity index (χ4v) is 6.09. The van der Waals surface area contributed by atoms with Gasteiger partial charge in [0.15, 0.2) is 0 Å². The molecule has 1 fully saturated rings. The Morgan fingerprint density at radius 2 is 1.76 bits per heavy atom. The first kappa shape index (κ1) is 25.2. The zero-order valence-corrected chi connectivity index (χ0v) is 20.8. The van der Waals surface area contributed by atoms with Crippen LogP contribution in [0.5, 0.6) is 5.75 Å². The smallest absolute Gasteiger partial charge is 0.251 e. The zero-order valence-electron chi connectivity index (χ0n) is 20.0. The van der Waals surface area contributed by atoms with Gasteiger partial charge in [-0.3, -0.25) is 4.79 Å². The number of nitrogens with one attached hydrogen (secondary N) is 1. The quantitative estimate of drug-likeness (QED) is 0.571. The molecular weight excluding hydrogens is 438 g/mol. The number of hydrogen-bond donors (Lipinski definition) is 1. The topological polar surface area (TPSA) is 79.0 Å². The van der Waals surface area contributed by atoms with Crippen molar-refractivity contribution in [3.8, 4) is 5.75 Å². The van der Waals surface area contributed by atoms with E-state index in [2.05, 4.69) is 10.2 Å². The highest BCUT2D eigenvalue weighted by molar-refractivity contribution is 7.89. The molecule has 0 radical (unpaired) electrons. The number of amides is 1. The van der Waals surface area contributed by atoms with E-state index in [-0.39, 0.29) is 28.6 Å². The number of methoxy groups -OCH3 is 1. The van der Waals surface area contributed by atoms with Gasteiger partial charge in [-0.1, -0.05) is 50.1 Å². The summed E-state index contributed by atoms with van der Waals surface area (Å²) in [5.74, 6) is -0.0630. The average Bonchev–Trinajstić information content (AvgIpc) is 3.31. The Morgan fingerprint density at radius 3 is 2.33 bits per heavy atom. The maximum absolute atomic E-state index is 13.5. The van der Waals surface area contributed by atoms with E-state index in [1.54, 1.807) is 19.1 Å². The number of rotatable bonds is 10. The summed E-state index contributed by atoms with van der Waals surface area (Å²) < 4.78 is 33.8. The molecule has 0 spiro atoms. The minimum atomic E-state index is -3.88. The second-order valence-electron chi connectivity index (χ2n) is 8.79. The molecular formula is C25H35N3O4S. The molecule has 180 valence electrons. The van der Waals surface area contributed by atoms with Crippen molar-refractivity contribution in [1.82, 2.24) is 14.5 Å². The number of benzene rings is 2. The maximum atomic E-state index is 13.5. The van der Waals surface area contributed by atoms with Crippen LogP contribution in [0.15, 0.2) is 53.4 Å². The summed E-state index contributed by atoms with van der Waals surface area (Å²) in [6, 6.07) is 14.0. The van der Waals surface area contributed by atoms with E-state index >= 15 is 0 Å². The van der Waals surface area contributed by atoms with Crippen LogP contribution in [0.3, 0.4) is 0 Å². The monoisotopic (exact) mass is 473 g/mol. The maximum Gasteiger partial charge on any atom is 0.251 e. The molecule has 1 amide bonds. The number of carbonyl (C=O) groups excluding carboxylic acids is 1. The Labute approximate surface area is 197 Å². The van der Waals surface area contributed by atoms with Gasteiger partial charge < -0.3 is 15.0 Å². The molecule has 2 aromatic rings. The summed E-state index contributed by atoms with van der Waals surface area (Å²) in [7, 11) is 1.64. The molecule has 0 aliphatic heterocycles. The molecule has 1 N–H and O–H groups in total. The second-order valence-corrected chi connectivity index (χ2v) is 10.7. The molecule has 0 heterocycles. The number of nitrogens with zero attached hydrogens (tertiary/aromatic N) is 2. The predicted octanol–water partition coefficient (Wildman–Crippen LogP) is 3.51. The van der Waals surface area contributed by atoms with Crippen molar-refractivity contribution in [2.24, 2.45) is 0 Å². The molecule has 1 saturated carbocycles. The first-order valence-electron chi connectivity index (χ1n) is 11.4. The van der Waals surface area contributed by atoms with Crippen LogP contribution in [0, 0.1) is 0 Å². The third-order valence-corrected chi connectivity index (χ3v) is 8.60. The molecule has 0 aromatic heterocycles. The molecule has 3 rings (SSSR count). The van der Waals surface area contributed by atoms with Crippen LogP contribution in [0.2, 0.25) is 0 Å². The highest BCUT2D eigenvalue weighted by Crippen LogP contribution is 2.33.